The summed E-state index contributed by atoms with van der Waals surface area (Å²) in [7, 11) is 3.28. The van der Waals surface area contributed by atoms with E-state index in [0.717, 1.165) is 22.2 Å². The second-order valence-electron chi connectivity index (χ2n) is 5.10. The fraction of sp³-hybridized carbons (Fsp3) is 0.118. The maximum absolute atomic E-state index is 11.4. The highest BCUT2D eigenvalue weighted by Gasteiger charge is 2.09. The molecule has 0 saturated carbocycles. The van der Waals surface area contributed by atoms with E-state index in [1.54, 1.807) is 12.1 Å². The third-order valence-electron chi connectivity index (χ3n) is 3.60. The Morgan fingerprint density at radius 1 is 1.22 bits per heavy atom. The molecule has 0 bridgehead atoms. The first-order valence-corrected chi connectivity index (χ1v) is 7.02. The quantitative estimate of drug-likeness (QED) is 0.752. The molecule has 0 amide bonds. The van der Waals surface area contributed by atoms with Crippen molar-refractivity contribution in [2.24, 2.45) is 7.05 Å². The fourth-order valence-electron chi connectivity index (χ4n) is 2.43. The molecule has 0 saturated heterocycles. The minimum atomic E-state index is -0.348. The van der Waals surface area contributed by atoms with Crippen molar-refractivity contribution in [1.29, 1.82) is 0 Å². The topological polar surface area (TPSA) is 83.0 Å². The fourth-order valence-corrected chi connectivity index (χ4v) is 2.43. The van der Waals surface area contributed by atoms with Gasteiger partial charge in [0.05, 0.1) is 18.1 Å². The number of nitrogens with zero attached hydrogens (tertiary/aromatic N) is 3. The van der Waals surface area contributed by atoms with E-state index in [2.05, 4.69) is 14.7 Å². The van der Waals surface area contributed by atoms with Gasteiger partial charge in [-0.1, -0.05) is 24.3 Å². The van der Waals surface area contributed by atoms with Crippen LogP contribution in [0.1, 0.15) is 21.5 Å². The molecule has 6 nitrogen and oxygen atoms in total. The van der Waals surface area contributed by atoms with Gasteiger partial charge in [-0.05, 0) is 17.7 Å². The highest BCUT2D eigenvalue weighted by atomic mass is 16.5. The first-order valence-electron chi connectivity index (χ1n) is 7.02. The van der Waals surface area contributed by atoms with Crippen molar-refractivity contribution in [2.45, 2.75) is 0 Å². The summed E-state index contributed by atoms with van der Waals surface area (Å²) in [5.41, 5.74) is 9.17. The van der Waals surface area contributed by atoms with E-state index < -0.39 is 0 Å². The predicted octanol–water partition coefficient (Wildman–Crippen LogP) is 2.51. The van der Waals surface area contributed by atoms with Crippen LogP contribution in [0.25, 0.3) is 23.2 Å². The molecule has 0 aliphatic heterocycles. The van der Waals surface area contributed by atoms with Crippen LogP contribution in [0.3, 0.4) is 0 Å². The number of rotatable bonds is 3. The molecule has 0 atom stereocenters. The number of hydrogen-bond acceptors (Lipinski definition) is 5. The molecular weight excluding hydrogens is 292 g/mol. The van der Waals surface area contributed by atoms with Gasteiger partial charge in [0.2, 0.25) is 0 Å². The van der Waals surface area contributed by atoms with Crippen molar-refractivity contribution in [2.75, 3.05) is 12.8 Å². The predicted molar refractivity (Wildman–Crippen MR) is 89.6 cm³/mol. The summed E-state index contributed by atoms with van der Waals surface area (Å²) in [4.78, 5) is 19.7. The second kappa shape index (κ2) is 5.92. The largest absolute Gasteiger partial charge is 0.465 e. The van der Waals surface area contributed by atoms with E-state index in [4.69, 9.17) is 5.73 Å². The Bertz CT molecular complexity index is 895. The van der Waals surface area contributed by atoms with Crippen molar-refractivity contribution >= 4 is 35.0 Å². The molecule has 2 aromatic heterocycles. The average Bonchev–Trinajstić information content (AvgIpc) is 2.90. The van der Waals surface area contributed by atoms with Crippen molar-refractivity contribution in [3.8, 4) is 0 Å². The maximum Gasteiger partial charge on any atom is 0.337 e. The van der Waals surface area contributed by atoms with Gasteiger partial charge in [-0.3, -0.25) is 0 Å². The number of anilines is 1. The third-order valence-corrected chi connectivity index (χ3v) is 3.60. The van der Waals surface area contributed by atoms with Gasteiger partial charge in [-0.15, -0.1) is 0 Å². The zero-order valence-electron chi connectivity index (χ0n) is 12.9. The minimum absolute atomic E-state index is 0.348. The van der Waals surface area contributed by atoms with Gasteiger partial charge in [0.1, 0.15) is 17.8 Å². The Balaban J connectivity index is 1.93. The highest BCUT2D eigenvalue weighted by molar-refractivity contribution is 5.96. The summed E-state index contributed by atoms with van der Waals surface area (Å²) in [5, 5.41) is 0.831. The van der Waals surface area contributed by atoms with E-state index in [0.29, 0.717) is 11.4 Å². The molecule has 23 heavy (non-hydrogen) atoms. The summed E-state index contributed by atoms with van der Waals surface area (Å²) in [6.45, 7) is 0. The number of esters is 1. The van der Waals surface area contributed by atoms with Crippen molar-refractivity contribution in [3.05, 3.63) is 53.5 Å². The van der Waals surface area contributed by atoms with E-state index in [-0.39, 0.29) is 5.97 Å². The summed E-state index contributed by atoms with van der Waals surface area (Å²) >= 11 is 0. The minimum Gasteiger partial charge on any atom is -0.465 e. The zero-order valence-corrected chi connectivity index (χ0v) is 12.9. The first-order chi connectivity index (χ1) is 11.1. The van der Waals surface area contributed by atoms with E-state index in [9.17, 15) is 4.79 Å². The van der Waals surface area contributed by atoms with Gasteiger partial charge in [-0.25, -0.2) is 14.8 Å². The number of hydrogen-bond donors (Lipinski definition) is 1. The lowest BCUT2D eigenvalue weighted by Gasteiger charge is -1.99. The summed E-state index contributed by atoms with van der Waals surface area (Å²) < 4.78 is 6.59. The van der Waals surface area contributed by atoms with Gasteiger partial charge in [0.15, 0.2) is 0 Å². The number of ether oxygens (including phenoxy) is 1. The summed E-state index contributed by atoms with van der Waals surface area (Å²) in [5.74, 6) is 0.107. The van der Waals surface area contributed by atoms with Gasteiger partial charge in [0, 0.05) is 18.8 Å². The number of fused-ring (bicyclic) bond motifs is 1. The molecule has 0 aliphatic carbocycles. The van der Waals surface area contributed by atoms with Gasteiger partial charge >= 0.3 is 5.97 Å². The van der Waals surface area contributed by atoms with Crippen molar-refractivity contribution < 1.29 is 9.53 Å². The van der Waals surface area contributed by atoms with Crippen LogP contribution in [0.2, 0.25) is 0 Å². The van der Waals surface area contributed by atoms with Crippen molar-refractivity contribution in [1.82, 2.24) is 14.5 Å². The lowest BCUT2D eigenvalue weighted by Crippen LogP contribution is -2.00. The highest BCUT2D eigenvalue weighted by Crippen LogP contribution is 2.24. The van der Waals surface area contributed by atoms with Crippen LogP contribution in [-0.4, -0.2) is 27.6 Å². The van der Waals surface area contributed by atoms with Crippen LogP contribution in [-0.2, 0) is 11.8 Å². The zero-order chi connectivity index (χ0) is 16.4. The molecule has 0 spiro atoms. The number of benzene rings is 1. The Hall–Kier alpha value is -3.15. The van der Waals surface area contributed by atoms with Crippen LogP contribution in [0.4, 0.5) is 5.82 Å². The average molecular weight is 308 g/mol. The number of aromatic nitrogens is 3. The molecule has 3 aromatic rings. The summed E-state index contributed by atoms with van der Waals surface area (Å²) in [6, 6.07) is 7.17. The molecule has 6 heteroatoms. The molecule has 0 aliphatic rings. The Morgan fingerprint density at radius 2 is 1.96 bits per heavy atom. The number of aryl methyl sites for hydroxylation is 1. The number of methoxy groups -OCH3 is 1. The van der Waals surface area contributed by atoms with Crippen molar-refractivity contribution in [3.63, 3.8) is 0 Å². The molecule has 116 valence electrons. The van der Waals surface area contributed by atoms with Crippen LogP contribution in [0.5, 0.6) is 0 Å². The monoisotopic (exact) mass is 308 g/mol. The molecule has 3 rings (SSSR count). The molecule has 2 heterocycles. The smallest absolute Gasteiger partial charge is 0.337 e. The van der Waals surface area contributed by atoms with Gasteiger partial charge in [0.25, 0.3) is 0 Å². The molecule has 0 radical (unpaired) electrons. The van der Waals surface area contributed by atoms with Crippen LogP contribution in [0.15, 0.2) is 36.8 Å². The van der Waals surface area contributed by atoms with Crippen LogP contribution in [0, 0.1) is 0 Å². The maximum atomic E-state index is 11.4. The van der Waals surface area contributed by atoms with Crippen LogP contribution >= 0.6 is 0 Å². The van der Waals surface area contributed by atoms with Crippen LogP contribution < -0.4 is 5.73 Å². The molecular formula is C17H16N4O2. The van der Waals surface area contributed by atoms with Gasteiger partial charge < -0.3 is 15.0 Å². The molecule has 0 unspecified atom stereocenters. The molecule has 0 fully saturated rings. The number of carbonyl (C=O) groups is 1. The standard InChI is InChI=1S/C17H16N4O2/c1-21-9-13(14-15(18)19-10-20-16(14)21)8-5-11-3-6-12(7-4-11)17(22)23-2/h3-10H,1-2H3,(H2,18,19,20). The summed E-state index contributed by atoms with van der Waals surface area (Å²) in [6.07, 6.45) is 7.31. The Labute approximate surface area is 133 Å². The van der Waals surface area contributed by atoms with E-state index >= 15 is 0 Å². The van der Waals surface area contributed by atoms with E-state index in [1.807, 2.05) is 42.1 Å². The van der Waals surface area contributed by atoms with E-state index in [1.165, 1.54) is 13.4 Å². The second-order valence-corrected chi connectivity index (χ2v) is 5.10. The number of carbonyl (C=O) groups excluding carboxylic acids is 1. The number of nitrogens with two attached hydrogens (primary N) is 1. The lowest BCUT2D eigenvalue weighted by molar-refractivity contribution is 0.0600. The normalized spacial score (nSPS) is 11.2. The first kappa shape index (κ1) is 14.8. The number of nitrogen functional groups attached to an aromatic ring is 1. The Morgan fingerprint density at radius 3 is 2.65 bits per heavy atom. The molecule has 2 N–H and O–H groups in total. The lowest BCUT2D eigenvalue weighted by atomic mass is 10.1. The third kappa shape index (κ3) is 2.78. The molecule has 1 aromatic carbocycles. The SMILES string of the molecule is COC(=O)c1ccc(C=Cc2cn(C)c3ncnc(N)c23)cc1. The van der Waals surface area contributed by atoms with Gasteiger partial charge in [-0.2, -0.15) is 0 Å². The Kier molecular flexibility index (Phi) is 3.80.